The van der Waals surface area contributed by atoms with Crippen LogP contribution >= 0.6 is 11.6 Å². The topological polar surface area (TPSA) is 84.5 Å². The Hall–Kier alpha value is -2.86. The number of carbonyl (C=O) groups is 3. The lowest BCUT2D eigenvalue weighted by Crippen LogP contribution is -2.41. The number of nitrogens with one attached hydrogen (secondary N) is 2. The number of halogens is 1. The van der Waals surface area contributed by atoms with Gasteiger partial charge in [-0.3, -0.25) is 14.4 Å². The third-order valence-corrected chi connectivity index (χ3v) is 5.12. The van der Waals surface area contributed by atoms with Crippen molar-refractivity contribution in [1.82, 2.24) is 10.6 Å². The molecule has 2 atom stereocenters. The molecule has 1 aliphatic carbocycles. The van der Waals surface area contributed by atoms with Crippen molar-refractivity contribution in [2.45, 2.75) is 38.3 Å². The van der Waals surface area contributed by atoms with E-state index in [2.05, 4.69) is 16.7 Å². The molecule has 0 unspecified atom stereocenters. The Labute approximate surface area is 174 Å². The highest BCUT2D eigenvalue weighted by Gasteiger charge is 2.25. The second-order valence-corrected chi connectivity index (χ2v) is 7.41. The summed E-state index contributed by atoms with van der Waals surface area (Å²) in [7, 11) is 0. The van der Waals surface area contributed by atoms with Gasteiger partial charge in [0.1, 0.15) is 6.54 Å². The number of ether oxygens (including phenoxy) is 1. The lowest BCUT2D eigenvalue weighted by Gasteiger charge is -2.27. The zero-order valence-electron chi connectivity index (χ0n) is 16.1. The van der Waals surface area contributed by atoms with Crippen LogP contribution in [0.5, 0.6) is 0 Å². The normalized spacial score (nSPS) is 16.3. The molecule has 0 saturated carbocycles. The first kappa shape index (κ1) is 20.9. The number of amides is 2. The van der Waals surface area contributed by atoms with E-state index in [-0.39, 0.29) is 18.5 Å². The van der Waals surface area contributed by atoms with Gasteiger partial charge in [0.05, 0.1) is 6.04 Å². The van der Waals surface area contributed by atoms with Crippen molar-refractivity contribution in [2.24, 2.45) is 0 Å². The molecule has 7 heteroatoms. The summed E-state index contributed by atoms with van der Waals surface area (Å²) in [6.45, 7) is 1.19. The van der Waals surface area contributed by atoms with Crippen LogP contribution in [-0.4, -0.2) is 30.4 Å². The van der Waals surface area contributed by atoms with Crippen LogP contribution in [0.15, 0.2) is 48.5 Å². The van der Waals surface area contributed by atoms with Crippen LogP contribution in [0.1, 0.15) is 47.3 Å². The zero-order valence-corrected chi connectivity index (χ0v) is 16.9. The van der Waals surface area contributed by atoms with Gasteiger partial charge in [0.15, 0.2) is 6.10 Å². The number of rotatable bonds is 6. The Bertz CT molecular complexity index is 898. The van der Waals surface area contributed by atoms with Gasteiger partial charge in [0.25, 0.3) is 11.8 Å². The minimum atomic E-state index is -0.955. The van der Waals surface area contributed by atoms with Crippen molar-refractivity contribution in [1.29, 1.82) is 0 Å². The molecule has 2 amide bonds. The lowest BCUT2D eigenvalue weighted by molar-refractivity contribution is -0.154. The first-order valence-electron chi connectivity index (χ1n) is 9.55. The number of hydrogen-bond donors (Lipinski definition) is 2. The maximum Gasteiger partial charge on any atom is 0.326 e. The van der Waals surface area contributed by atoms with E-state index in [1.165, 1.54) is 12.5 Å². The molecule has 6 nitrogen and oxygen atoms in total. The smallest absolute Gasteiger partial charge is 0.326 e. The standard InChI is InChI=1S/C22H23ClN2O4/c1-14(21(27)25-19-8-4-6-15-5-2-3-7-18(15)19)29-20(26)13-24-22(28)16-9-11-17(23)12-10-16/h2-3,5,7,9-12,14,19H,4,6,8,13H2,1H3,(H,24,28)(H,25,27)/t14-,19-/m1/s1. The Morgan fingerprint density at radius 1 is 1.14 bits per heavy atom. The summed E-state index contributed by atoms with van der Waals surface area (Å²) in [5.74, 6) is -1.46. The van der Waals surface area contributed by atoms with Gasteiger partial charge in [-0.25, -0.2) is 0 Å². The second kappa shape index (κ2) is 9.56. The van der Waals surface area contributed by atoms with Crippen molar-refractivity contribution >= 4 is 29.4 Å². The fourth-order valence-corrected chi connectivity index (χ4v) is 3.47. The molecule has 3 rings (SSSR count). The maximum absolute atomic E-state index is 12.5. The summed E-state index contributed by atoms with van der Waals surface area (Å²) in [5.41, 5.74) is 2.73. The third-order valence-electron chi connectivity index (χ3n) is 4.86. The lowest BCUT2D eigenvalue weighted by atomic mass is 9.87. The van der Waals surface area contributed by atoms with E-state index in [1.807, 2.05) is 18.2 Å². The van der Waals surface area contributed by atoms with Crippen molar-refractivity contribution in [3.63, 3.8) is 0 Å². The van der Waals surface area contributed by atoms with Crippen molar-refractivity contribution < 1.29 is 19.1 Å². The molecular weight excluding hydrogens is 392 g/mol. The SMILES string of the molecule is C[C@@H](OC(=O)CNC(=O)c1ccc(Cl)cc1)C(=O)N[C@@H]1CCCc2ccccc21. The summed E-state index contributed by atoms with van der Waals surface area (Å²) in [5, 5.41) is 5.94. The molecule has 2 N–H and O–H groups in total. The molecular formula is C22H23ClN2O4. The molecule has 0 radical (unpaired) electrons. The average Bonchev–Trinajstić information content (AvgIpc) is 2.72. The summed E-state index contributed by atoms with van der Waals surface area (Å²) in [6, 6.07) is 14.2. The summed E-state index contributed by atoms with van der Waals surface area (Å²) >= 11 is 5.78. The summed E-state index contributed by atoms with van der Waals surface area (Å²) in [4.78, 5) is 36.5. The van der Waals surface area contributed by atoms with Gasteiger partial charge in [0.2, 0.25) is 0 Å². The number of hydrogen-bond acceptors (Lipinski definition) is 4. The van der Waals surface area contributed by atoms with E-state index >= 15 is 0 Å². The summed E-state index contributed by atoms with van der Waals surface area (Å²) < 4.78 is 5.16. The largest absolute Gasteiger partial charge is 0.451 e. The van der Waals surface area contributed by atoms with Crippen LogP contribution in [0.4, 0.5) is 0 Å². The molecule has 0 bridgehead atoms. The predicted molar refractivity (Wildman–Crippen MR) is 110 cm³/mol. The molecule has 0 saturated heterocycles. The Morgan fingerprint density at radius 3 is 2.62 bits per heavy atom. The van der Waals surface area contributed by atoms with Crippen molar-refractivity contribution in [2.75, 3.05) is 6.54 Å². The first-order chi connectivity index (χ1) is 13.9. The van der Waals surface area contributed by atoms with Crippen LogP contribution in [-0.2, 0) is 20.7 Å². The fourth-order valence-electron chi connectivity index (χ4n) is 3.34. The highest BCUT2D eigenvalue weighted by atomic mass is 35.5. The van der Waals surface area contributed by atoms with Crippen LogP contribution in [0, 0.1) is 0 Å². The minimum absolute atomic E-state index is 0.0850. The Morgan fingerprint density at radius 2 is 1.86 bits per heavy atom. The molecule has 0 heterocycles. The molecule has 152 valence electrons. The Kier molecular flexibility index (Phi) is 6.88. The van der Waals surface area contributed by atoms with E-state index in [1.54, 1.807) is 24.3 Å². The second-order valence-electron chi connectivity index (χ2n) is 6.97. The number of fused-ring (bicyclic) bond motifs is 1. The molecule has 0 aromatic heterocycles. The van der Waals surface area contributed by atoms with E-state index in [0.717, 1.165) is 24.8 Å². The van der Waals surface area contributed by atoms with Crippen LogP contribution in [0.25, 0.3) is 0 Å². The van der Waals surface area contributed by atoms with Gasteiger partial charge < -0.3 is 15.4 Å². The van der Waals surface area contributed by atoms with E-state index < -0.39 is 18.0 Å². The zero-order chi connectivity index (χ0) is 20.8. The molecule has 29 heavy (non-hydrogen) atoms. The van der Waals surface area contributed by atoms with Gasteiger partial charge in [0, 0.05) is 10.6 Å². The Balaban J connectivity index is 1.47. The van der Waals surface area contributed by atoms with Gasteiger partial charge in [-0.2, -0.15) is 0 Å². The van der Waals surface area contributed by atoms with E-state index in [0.29, 0.717) is 10.6 Å². The number of benzene rings is 2. The van der Waals surface area contributed by atoms with Crippen LogP contribution in [0.2, 0.25) is 5.02 Å². The van der Waals surface area contributed by atoms with Crippen molar-refractivity contribution in [3.8, 4) is 0 Å². The van der Waals surface area contributed by atoms with Crippen LogP contribution in [0.3, 0.4) is 0 Å². The predicted octanol–water partition coefficient (Wildman–Crippen LogP) is 3.20. The molecule has 2 aromatic rings. The molecule has 0 aliphatic heterocycles. The number of esters is 1. The maximum atomic E-state index is 12.5. The quantitative estimate of drug-likeness (QED) is 0.711. The van der Waals surface area contributed by atoms with Gasteiger partial charge >= 0.3 is 5.97 Å². The molecule has 0 fully saturated rings. The molecule has 0 spiro atoms. The average molecular weight is 415 g/mol. The van der Waals surface area contributed by atoms with Crippen LogP contribution < -0.4 is 10.6 Å². The van der Waals surface area contributed by atoms with E-state index in [4.69, 9.17) is 16.3 Å². The monoisotopic (exact) mass is 414 g/mol. The highest BCUT2D eigenvalue weighted by Crippen LogP contribution is 2.29. The first-order valence-corrected chi connectivity index (χ1v) is 9.93. The number of carbonyl (C=O) groups excluding carboxylic acids is 3. The van der Waals surface area contributed by atoms with E-state index in [9.17, 15) is 14.4 Å². The third kappa shape index (κ3) is 5.57. The highest BCUT2D eigenvalue weighted by molar-refractivity contribution is 6.30. The molecule has 2 aromatic carbocycles. The van der Waals surface area contributed by atoms with Crippen molar-refractivity contribution in [3.05, 3.63) is 70.2 Å². The number of aryl methyl sites for hydroxylation is 1. The molecule has 1 aliphatic rings. The fraction of sp³-hybridized carbons (Fsp3) is 0.318. The summed E-state index contributed by atoms with van der Waals surface area (Å²) in [6.07, 6.45) is 1.89. The minimum Gasteiger partial charge on any atom is -0.451 e. The van der Waals surface area contributed by atoms with Gasteiger partial charge in [-0.05, 0) is 61.6 Å². The van der Waals surface area contributed by atoms with Gasteiger partial charge in [-0.15, -0.1) is 0 Å². The van der Waals surface area contributed by atoms with Gasteiger partial charge in [-0.1, -0.05) is 35.9 Å².